The maximum atomic E-state index is 12.4. The van der Waals surface area contributed by atoms with Gasteiger partial charge in [-0.05, 0) is 6.07 Å². The molecular weight excluding hydrogens is 340 g/mol. The van der Waals surface area contributed by atoms with E-state index in [4.69, 9.17) is 0 Å². The van der Waals surface area contributed by atoms with Crippen LogP contribution in [0.25, 0.3) is 0 Å². The third-order valence-corrected chi connectivity index (χ3v) is 4.40. The number of alkyl halides is 2. The van der Waals surface area contributed by atoms with E-state index >= 15 is 0 Å². The molecule has 2 heterocycles. The van der Waals surface area contributed by atoms with E-state index in [1.807, 2.05) is 0 Å². The number of benzene rings is 1. The van der Waals surface area contributed by atoms with Gasteiger partial charge >= 0.3 is 6.61 Å². The number of para-hydroxylation sites is 1. The summed E-state index contributed by atoms with van der Waals surface area (Å²) in [5.74, 6) is 0.116. The van der Waals surface area contributed by atoms with Gasteiger partial charge in [-0.2, -0.15) is 8.78 Å². The van der Waals surface area contributed by atoms with Crippen LogP contribution in [0, 0.1) is 0 Å². The average Bonchev–Trinajstić information content (AvgIpc) is 3.03. The summed E-state index contributed by atoms with van der Waals surface area (Å²) >= 11 is 1.45. The topological polar surface area (TPSA) is 73.2 Å². The monoisotopic (exact) mass is 353 g/mol. The summed E-state index contributed by atoms with van der Waals surface area (Å²) in [4.78, 5) is 28.6. The van der Waals surface area contributed by atoms with Crippen molar-refractivity contribution in [1.82, 2.24) is 14.9 Å². The van der Waals surface area contributed by atoms with Crippen LogP contribution in [0.15, 0.2) is 40.4 Å². The first-order chi connectivity index (χ1) is 11.6. The Bertz CT molecular complexity index is 826. The first-order valence-corrected chi connectivity index (χ1v) is 8.08. The van der Waals surface area contributed by atoms with E-state index in [1.54, 1.807) is 18.2 Å². The van der Waals surface area contributed by atoms with Crippen LogP contribution in [-0.4, -0.2) is 27.8 Å². The molecule has 24 heavy (non-hydrogen) atoms. The van der Waals surface area contributed by atoms with E-state index in [-0.39, 0.29) is 17.9 Å². The molecule has 1 aromatic carbocycles. The first-order valence-electron chi connectivity index (χ1n) is 7.10. The van der Waals surface area contributed by atoms with Crippen LogP contribution in [0.4, 0.5) is 8.78 Å². The number of fused-ring (bicyclic) bond motifs is 1. The second kappa shape index (κ2) is 7.00. The van der Waals surface area contributed by atoms with Gasteiger partial charge in [-0.3, -0.25) is 14.2 Å². The van der Waals surface area contributed by atoms with E-state index in [0.717, 1.165) is 5.75 Å². The number of hydrogen-bond donors (Lipinski definition) is 1. The van der Waals surface area contributed by atoms with Crippen molar-refractivity contribution in [2.45, 2.75) is 24.9 Å². The Hall–Kier alpha value is -2.42. The van der Waals surface area contributed by atoms with Crippen molar-refractivity contribution in [3.63, 3.8) is 0 Å². The molecule has 126 valence electrons. The predicted molar refractivity (Wildman–Crippen MR) is 83.5 cm³/mol. The average molecular weight is 353 g/mol. The third kappa shape index (κ3) is 3.40. The standard InChI is InChI=1S/C15H13F2N3O3S/c16-14(17)23-11-4-2-1-3-9(11)7-18-12(21)10-8-19-15-20(13(10)22)5-6-24-15/h1-4,8,14H,5-7H2,(H,18,21). The lowest BCUT2D eigenvalue weighted by molar-refractivity contribution is -0.0504. The van der Waals surface area contributed by atoms with Crippen molar-refractivity contribution >= 4 is 17.7 Å². The van der Waals surface area contributed by atoms with Crippen LogP contribution in [0.5, 0.6) is 5.75 Å². The molecule has 0 saturated heterocycles. The van der Waals surface area contributed by atoms with Gasteiger partial charge in [0.2, 0.25) is 0 Å². The number of thioether (sulfide) groups is 1. The smallest absolute Gasteiger partial charge is 0.387 e. The highest BCUT2D eigenvalue weighted by Crippen LogP contribution is 2.21. The van der Waals surface area contributed by atoms with E-state index in [9.17, 15) is 18.4 Å². The molecule has 1 aliphatic rings. The zero-order valence-corrected chi connectivity index (χ0v) is 13.2. The predicted octanol–water partition coefficient (Wildman–Crippen LogP) is 1.88. The number of aromatic nitrogens is 2. The largest absolute Gasteiger partial charge is 0.434 e. The van der Waals surface area contributed by atoms with Crippen LogP contribution in [0.3, 0.4) is 0 Å². The Morgan fingerprint density at radius 2 is 2.21 bits per heavy atom. The third-order valence-electron chi connectivity index (χ3n) is 3.43. The quantitative estimate of drug-likeness (QED) is 0.831. The fourth-order valence-corrected chi connectivity index (χ4v) is 3.22. The minimum atomic E-state index is -2.95. The molecule has 1 aromatic heterocycles. The van der Waals surface area contributed by atoms with E-state index in [0.29, 0.717) is 17.3 Å². The number of ether oxygens (including phenoxy) is 1. The highest BCUT2D eigenvalue weighted by Gasteiger charge is 2.20. The van der Waals surface area contributed by atoms with Gasteiger partial charge in [0.1, 0.15) is 11.3 Å². The highest BCUT2D eigenvalue weighted by atomic mass is 32.2. The molecule has 2 aromatic rings. The van der Waals surface area contributed by atoms with E-state index in [2.05, 4.69) is 15.0 Å². The molecule has 0 radical (unpaired) electrons. The fraction of sp³-hybridized carbons (Fsp3) is 0.267. The number of nitrogens with zero attached hydrogens (tertiary/aromatic N) is 2. The van der Waals surface area contributed by atoms with Crippen LogP contribution in [-0.2, 0) is 13.1 Å². The molecule has 1 N–H and O–H groups in total. The molecule has 0 fully saturated rings. The van der Waals surface area contributed by atoms with Gasteiger partial charge in [0.25, 0.3) is 11.5 Å². The first kappa shape index (κ1) is 16.4. The zero-order chi connectivity index (χ0) is 17.1. The second-order valence-electron chi connectivity index (χ2n) is 4.93. The summed E-state index contributed by atoms with van der Waals surface area (Å²) in [7, 11) is 0. The number of carbonyl (C=O) groups excluding carboxylic acids is 1. The van der Waals surface area contributed by atoms with E-state index < -0.39 is 18.1 Å². The molecule has 0 spiro atoms. The molecule has 0 saturated carbocycles. The number of carbonyl (C=O) groups is 1. The van der Waals surface area contributed by atoms with Gasteiger partial charge in [-0.1, -0.05) is 30.0 Å². The van der Waals surface area contributed by atoms with Crippen LogP contribution < -0.4 is 15.6 Å². The Morgan fingerprint density at radius 3 is 3.00 bits per heavy atom. The maximum Gasteiger partial charge on any atom is 0.387 e. The molecule has 1 aliphatic heterocycles. The highest BCUT2D eigenvalue weighted by molar-refractivity contribution is 7.99. The normalized spacial score (nSPS) is 13.0. The van der Waals surface area contributed by atoms with Gasteiger partial charge < -0.3 is 10.1 Å². The second-order valence-corrected chi connectivity index (χ2v) is 5.99. The molecule has 3 rings (SSSR count). The molecule has 9 heteroatoms. The number of nitrogens with one attached hydrogen (secondary N) is 1. The van der Waals surface area contributed by atoms with Gasteiger partial charge in [-0.25, -0.2) is 4.98 Å². The summed E-state index contributed by atoms with van der Waals surface area (Å²) < 4.78 is 30.6. The van der Waals surface area contributed by atoms with Crippen molar-refractivity contribution in [2.24, 2.45) is 0 Å². The minimum absolute atomic E-state index is 0.0204. The van der Waals surface area contributed by atoms with Crippen molar-refractivity contribution in [3.8, 4) is 5.75 Å². The summed E-state index contributed by atoms with van der Waals surface area (Å²) in [6, 6.07) is 6.14. The number of hydrogen-bond acceptors (Lipinski definition) is 5. The SMILES string of the molecule is O=C(NCc1ccccc1OC(F)F)c1cnc2n(c1=O)CCS2. The maximum absolute atomic E-state index is 12.4. The zero-order valence-electron chi connectivity index (χ0n) is 12.4. The number of rotatable bonds is 5. The Labute approximate surface area is 139 Å². The van der Waals surface area contributed by atoms with Gasteiger partial charge in [0.15, 0.2) is 5.16 Å². The van der Waals surface area contributed by atoms with Crippen molar-refractivity contribution in [2.75, 3.05) is 5.75 Å². The van der Waals surface area contributed by atoms with Crippen LogP contribution in [0.2, 0.25) is 0 Å². The molecule has 1 amide bonds. The van der Waals surface area contributed by atoms with E-state index in [1.165, 1.54) is 28.6 Å². The van der Waals surface area contributed by atoms with Crippen molar-refractivity contribution < 1.29 is 18.3 Å². The van der Waals surface area contributed by atoms with Gasteiger partial charge in [0.05, 0.1) is 0 Å². The minimum Gasteiger partial charge on any atom is -0.434 e. The van der Waals surface area contributed by atoms with Crippen molar-refractivity contribution in [3.05, 3.63) is 51.9 Å². The van der Waals surface area contributed by atoms with Gasteiger partial charge in [-0.15, -0.1) is 0 Å². The molecule has 0 unspecified atom stereocenters. The Kier molecular flexibility index (Phi) is 4.79. The lowest BCUT2D eigenvalue weighted by Gasteiger charge is -2.11. The molecule has 0 atom stereocenters. The molecule has 6 nitrogen and oxygen atoms in total. The lowest BCUT2D eigenvalue weighted by Crippen LogP contribution is -2.33. The number of amides is 1. The van der Waals surface area contributed by atoms with Crippen LogP contribution in [0.1, 0.15) is 15.9 Å². The van der Waals surface area contributed by atoms with Crippen LogP contribution >= 0.6 is 11.8 Å². The molecule has 0 bridgehead atoms. The summed E-state index contributed by atoms with van der Waals surface area (Å²) in [6.07, 6.45) is 1.24. The van der Waals surface area contributed by atoms with Gasteiger partial charge in [0, 0.05) is 30.6 Å². The molecule has 0 aliphatic carbocycles. The Morgan fingerprint density at radius 1 is 1.42 bits per heavy atom. The lowest BCUT2D eigenvalue weighted by atomic mass is 10.2. The summed E-state index contributed by atoms with van der Waals surface area (Å²) in [5.41, 5.74) is -0.0935. The Balaban J connectivity index is 1.74. The number of halogens is 2. The molecular formula is C15H13F2N3O3S. The summed E-state index contributed by atoms with van der Waals surface area (Å²) in [5, 5.41) is 3.13. The summed E-state index contributed by atoms with van der Waals surface area (Å²) in [6.45, 7) is -2.49. The van der Waals surface area contributed by atoms with Crippen molar-refractivity contribution in [1.29, 1.82) is 0 Å². The fourth-order valence-electron chi connectivity index (χ4n) is 2.30.